The fourth-order valence-electron chi connectivity index (χ4n) is 1.44. The number of carbonyl (C=O) groups is 1. The molecule has 17 heavy (non-hydrogen) atoms. The minimum atomic E-state index is -0.00787. The molecular weight excluding hydrogens is 282 g/mol. The first-order valence-corrected chi connectivity index (χ1v) is 6.06. The Balaban J connectivity index is 1.87. The standard InChI is InChI=1S/C12H12BrN3O/c13-10-3-1-2-4-11(10)16-12(17)6-5-9-7-14-8-15-9/h1-4,7-8H,5-6H2,(H,14,15)(H,16,17). The smallest absolute Gasteiger partial charge is 0.224 e. The van der Waals surface area contributed by atoms with Crippen molar-refractivity contribution in [3.63, 3.8) is 0 Å². The molecule has 0 bridgehead atoms. The maximum absolute atomic E-state index is 11.7. The Bertz CT molecular complexity index is 496. The molecule has 0 saturated carbocycles. The zero-order valence-corrected chi connectivity index (χ0v) is 10.7. The first kappa shape index (κ1) is 11.9. The van der Waals surface area contributed by atoms with E-state index in [2.05, 4.69) is 31.2 Å². The molecule has 1 aromatic heterocycles. The number of para-hydroxylation sites is 1. The number of nitrogens with one attached hydrogen (secondary N) is 2. The molecule has 5 heteroatoms. The van der Waals surface area contributed by atoms with Crippen LogP contribution in [0.5, 0.6) is 0 Å². The van der Waals surface area contributed by atoms with E-state index in [4.69, 9.17) is 0 Å². The van der Waals surface area contributed by atoms with Crippen LogP contribution in [0.4, 0.5) is 5.69 Å². The zero-order valence-electron chi connectivity index (χ0n) is 9.11. The summed E-state index contributed by atoms with van der Waals surface area (Å²) in [6.45, 7) is 0. The molecular formula is C12H12BrN3O. The molecule has 0 saturated heterocycles. The molecule has 2 aromatic rings. The lowest BCUT2D eigenvalue weighted by Gasteiger charge is -2.06. The molecule has 2 rings (SSSR count). The third-order valence-corrected chi connectivity index (χ3v) is 3.02. The number of hydrogen-bond acceptors (Lipinski definition) is 2. The molecule has 0 atom stereocenters. The summed E-state index contributed by atoms with van der Waals surface area (Å²) >= 11 is 3.38. The average Bonchev–Trinajstić information content (AvgIpc) is 2.82. The summed E-state index contributed by atoms with van der Waals surface area (Å²) in [5, 5.41) is 2.85. The van der Waals surface area contributed by atoms with Crippen molar-refractivity contribution < 1.29 is 4.79 Å². The third kappa shape index (κ3) is 3.42. The number of anilines is 1. The van der Waals surface area contributed by atoms with Gasteiger partial charge in [-0.3, -0.25) is 4.79 Å². The molecule has 1 aromatic carbocycles. The minimum absolute atomic E-state index is 0.00787. The first-order chi connectivity index (χ1) is 8.25. The van der Waals surface area contributed by atoms with E-state index >= 15 is 0 Å². The van der Waals surface area contributed by atoms with Gasteiger partial charge in [0, 0.05) is 22.8 Å². The van der Waals surface area contributed by atoms with Gasteiger partial charge in [0.25, 0.3) is 0 Å². The number of aryl methyl sites for hydroxylation is 1. The number of H-pyrrole nitrogens is 1. The van der Waals surface area contributed by atoms with Gasteiger partial charge in [0.05, 0.1) is 12.0 Å². The van der Waals surface area contributed by atoms with Crippen LogP contribution in [0.15, 0.2) is 41.3 Å². The molecule has 0 radical (unpaired) electrons. The number of benzene rings is 1. The molecule has 1 amide bonds. The predicted octanol–water partition coefficient (Wildman–Crippen LogP) is 2.74. The number of amides is 1. The first-order valence-electron chi connectivity index (χ1n) is 5.27. The van der Waals surface area contributed by atoms with Gasteiger partial charge in [0.2, 0.25) is 5.91 Å². The highest BCUT2D eigenvalue weighted by molar-refractivity contribution is 9.10. The Labute approximate surface area is 108 Å². The van der Waals surface area contributed by atoms with E-state index in [0.717, 1.165) is 15.9 Å². The summed E-state index contributed by atoms with van der Waals surface area (Å²) in [6, 6.07) is 7.54. The lowest BCUT2D eigenvalue weighted by Crippen LogP contribution is -2.12. The van der Waals surface area contributed by atoms with E-state index in [1.807, 2.05) is 24.3 Å². The highest BCUT2D eigenvalue weighted by Crippen LogP contribution is 2.21. The number of hydrogen-bond donors (Lipinski definition) is 2. The summed E-state index contributed by atoms with van der Waals surface area (Å²) in [7, 11) is 0. The molecule has 88 valence electrons. The van der Waals surface area contributed by atoms with Crippen LogP contribution in [-0.2, 0) is 11.2 Å². The normalized spacial score (nSPS) is 10.2. The van der Waals surface area contributed by atoms with Crippen molar-refractivity contribution >= 4 is 27.5 Å². The molecule has 0 aliphatic carbocycles. The van der Waals surface area contributed by atoms with Crippen molar-refractivity contribution in [2.45, 2.75) is 12.8 Å². The second-order valence-electron chi connectivity index (χ2n) is 3.60. The highest BCUT2D eigenvalue weighted by Gasteiger charge is 2.05. The van der Waals surface area contributed by atoms with Crippen LogP contribution in [0.3, 0.4) is 0 Å². The van der Waals surface area contributed by atoms with Gasteiger partial charge in [-0.2, -0.15) is 0 Å². The van der Waals surface area contributed by atoms with Crippen LogP contribution in [0, 0.1) is 0 Å². The maximum Gasteiger partial charge on any atom is 0.224 e. The number of aromatic amines is 1. The lowest BCUT2D eigenvalue weighted by molar-refractivity contribution is -0.116. The Morgan fingerprint density at radius 2 is 2.24 bits per heavy atom. The number of carbonyl (C=O) groups excluding carboxylic acids is 1. The van der Waals surface area contributed by atoms with Gasteiger partial charge < -0.3 is 10.3 Å². The largest absolute Gasteiger partial charge is 0.348 e. The topological polar surface area (TPSA) is 57.8 Å². The average molecular weight is 294 g/mol. The molecule has 0 aliphatic heterocycles. The Kier molecular flexibility index (Phi) is 3.93. The number of imidazole rings is 1. The fourth-order valence-corrected chi connectivity index (χ4v) is 1.83. The third-order valence-electron chi connectivity index (χ3n) is 2.32. The Hall–Kier alpha value is -1.62. The van der Waals surface area contributed by atoms with Crippen molar-refractivity contribution in [1.82, 2.24) is 9.97 Å². The minimum Gasteiger partial charge on any atom is -0.348 e. The number of aromatic nitrogens is 2. The van der Waals surface area contributed by atoms with Crippen LogP contribution < -0.4 is 5.32 Å². The van der Waals surface area contributed by atoms with E-state index in [1.54, 1.807) is 12.5 Å². The highest BCUT2D eigenvalue weighted by atomic mass is 79.9. The van der Waals surface area contributed by atoms with Gasteiger partial charge in [-0.15, -0.1) is 0 Å². The summed E-state index contributed by atoms with van der Waals surface area (Å²) in [6.07, 6.45) is 4.44. The van der Waals surface area contributed by atoms with Crippen molar-refractivity contribution in [3.8, 4) is 0 Å². The van der Waals surface area contributed by atoms with Gasteiger partial charge in [0.15, 0.2) is 0 Å². The van der Waals surface area contributed by atoms with Gasteiger partial charge in [-0.25, -0.2) is 4.98 Å². The van der Waals surface area contributed by atoms with E-state index in [1.165, 1.54) is 0 Å². The van der Waals surface area contributed by atoms with E-state index in [-0.39, 0.29) is 5.91 Å². The second-order valence-corrected chi connectivity index (χ2v) is 4.46. The van der Waals surface area contributed by atoms with Crippen LogP contribution in [-0.4, -0.2) is 15.9 Å². The van der Waals surface area contributed by atoms with Crippen LogP contribution in [0.1, 0.15) is 12.1 Å². The molecule has 2 N–H and O–H groups in total. The quantitative estimate of drug-likeness (QED) is 0.911. The summed E-state index contributed by atoms with van der Waals surface area (Å²) < 4.78 is 0.884. The van der Waals surface area contributed by atoms with Crippen molar-refractivity contribution in [3.05, 3.63) is 47.0 Å². The van der Waals surface area contributed by atoms with E-state index in [0.29, 0.717) is 12.8 Å². The second kappa shape index (κ2) is 5.63. The summed E-state index contributed by atoms with van der Waals surface area (Å²) in [5.41, 5.74) is 1.76. The van der Waals surface area contributed by atoms with Gasteiger partial charge in [0.1, 0.15) is 0 Å². The van der Waals surface area contributed by atoms with Crippen molar-refractivity contribution in [2.75, 3.05) is 5.32 Å². The molecule has 0 aliphatic rings. The number of halogens is 1. The predicted molar refractivity (Wildman–Crippen MR) is 69.7 cm³/mol. The SMILES string of the molecule is O=C(CCc1cnc[nH]1)Nc1ccccc1Br. The van der Waals surface area contributed by atoms with Crippen LogP contribution in [0.2, 0.25) is 0 Å². The van der Waals surface area contributed by atoms with E-state index < -0.39 is 0 Å². The fraction of sp³-hybridized carbons (Fsp3) is 0.167. The molecule has 0 unspecified atom stereocenters. The van der Waals surface area contributed by atoms with Gasteiger partial charge in [-0.1, -0.05) is 12.1 Å². The Morgan fingerprint density at radius 1 is 1.41 bits per heavy atom. The molecule has 1 heterocycles. The van der Waals surface area contributed by atoms with Crippen LogP contribution >= 0.6 is 15.9 Å². The number of rotatable bonds is 4. The van der Waals surface area contributed by atoms with Gasteiger partial charge in [-0.05, 0) is 34.5 Å². The van der Waals surface area contributed by atoms with E-state index in [9.17, 15) is 4.79 Å². The summed E-state index contributed by atoms with van der Waals surface area (Å²) in [4.78, 5) is 18.6. The lowest BCUT2D eigenvalue weighted by atomic mass is 10.2. The Morgan fingerprint density at radius 3 is 2.94 bits per heavy atom. The van der Waals surface area contributed by atoms with Crippen LogP contribution in [0.25, 0.3) is 0 Å². The van der Waals surface area contributed by atoms with Crippen molar-refractivity contribution in [1.29, 1.82) is 0 Å². The van der Waals surface area contributed by atoms with Crippen molar-refractivity contribution in [2.24, 2.45) is 0 Å². The molecule has 4 nitrogen and oxygen atoms in total. The summed E-state index contributed by atoms with van der Waals surface area (Å²) in [5.74, 6) is -0.00787. The maximum atomic E-state index is 11.7. The molecule has 0 spiro atoms. The zero-order chi connectivity index (χ0) is 12.1. The monoisotopic (exact) mass is 293 g/mol. The molecule has 0 fully saturated rings. The van der Waals surface area contributed by atoms with Gasteiger partial charge >= 0.3 is 0 Å². The number of nitrogens with zero attached hydrogens (tertiary/aromatic N) is 1.